The summed E-state index contributed by atoms with van der Waals surface area (Å²) in [5, 5.41) is 8.29. The molecule has 11 heteroatoms. The SMILES string of the molecule is CC(=O)NCc1ccc(-c2csc(NC(=O)CCc3nc4sc(C)c(C)c4c(=O)[nH]3)n2)o1. The molecule has 3 N–H and O–H groups in total. The van der Waals surface area contributed by atoms with Gasteiger partial charge in [0.15, 0.2) is 10.9 Å². The summed E-state index contributed by atoms with van der Waals surface area (Å²) in [6.07, 6.45) is 0.476. The molecule has 0 aliphatic rings. The van der Waals surface area contributed by atoms with Crippen LogP contribution in [0.2, 0.25) is 0 Å². The Bertz CT molecular complexity index is 1360. The third kappa shape index (κ3) is 4.78. The lowest BCUT2D eigenvalue weighted by Gasteiger charge is -2.02. The number of aromatic nitrogens is 3. The van der Waals surface area contributed by atoms with Crippen LogP contribution in [0.15, 0.2) is 26.7 Å². The van der Waals surface area contributed by atoms with Gasteiger partial charge in [0.05, 0.1) is 11.9 Å². The van der Waals surface area contributed by atoms with Gasteiger partial charge in [0.25, 0.3) is 5.56 Å². The van der Waals surface area contributed by atoms with E-state index >= 15 is 0 Å². The number of nitrogens with zero attached hydrogens (tertiary/aromatic N) is 2. The van der Waals surface area contributed by atoms with Crippen LogP contribution in [-0.4, -0.2) is 26.8 Å². The van der Waals surface area contributed by atoms with Crippen molar-refractivity contribution in [2.75, 3.05) is 5.32 Å². The summed E-state index contributed by atoms with van der Waals surface area (Å²) < 4.78 is 5.68. The molecular formula is C21H21N5O4S2. The van der Waals surface area contributed by atoms with Crippen molar-refractivity contribution in [3.63, 3.8) is 0 Å². The molecule has 0 aliphatic carbocycles. The summed E-state index contributed by atoms with van der Waals surface area (Å²) >= 11 is 2.77. The van der Waals surface area contributed by atoms with Crippen molar-refractivity contribution in [3.05, 3.63) is 49.9 Å². The molecular weight excluding hydrogens is 450 g/mol. The number of carbonyl (C=O) groups is 2. The normalized spacial score (nSPS) is 11.1. The first-order valence-electron chi connectivity index (χ1n) is 9.88. The first-order chi connectivity index (χ1) is 15.3. The van der Waals surface area contributed by atoms with Gasteiger partial charge >= 0.3 is 0 Å². The first kappa shape index (κ1) is 21.9. The Morgan fingerprint density at radius 2 is 2.03 bits per heavy atom. The van der Waals surface area contributed by atoms with Gasteiger partial charge in [-0.15, -0.1) is 22.7 Å². The van der Waals surface area contributed by atoms with Crippen LogP contribution in [0.25, 0.3) is 21.7 Å². The highest BCUT2D eigenvalue weighted by atomic mass is 32.1. The summed E-state index contributed by atoms with van der Waals surface area (Å²) in [4.78, 5) is 49.1. The minimum atomic E-state index is -0.224. The standard InChI is InChI=1S/C21H21N5O4S2/c1-10-11(2)32-20-18(10)19(29)24-16(25-20)6-7-17(28)26-21-23-14(9-31-21)15-5-4-13(30-15)8-22-12(3)27/h4-5,9H,6-8H2,1-3H3,(H,22,27)(H,23,26,28)(H,24,25,29). The maximum absolute atomic E-state index is 12.4. The van der Waals surface area contributed by atoms with Crippen molar-refractivity contribution < 1.29 is 14.0 Å². The van der Waals surface area contributed by atoms with Gasteiger partial charge in [-0.05, 0) is 31.5 Å². The monoisotopic (exact) mass is 471 g/mol. The molecule has 4 heterocycles. The lowest BCUT2D eigenvalue weighted by atomic mass is 10.2. The van der Waals surface area contributed by atoms with Gasteiger partial charge in [-0.2, -0.15) is 0 Å². The maximum atomic E-state index is 12.4. The third-order valence-corrected chi connectivity index (χ3v) is 6.71. The van der Waals surface area contributed by atoms with Crippen molar-refractivity contribution in [2.24, 2.45) is 0 Å². The van der Waals surface area contributed by atoms with E-state index in [1.807, 2.05) is 13.8 Å². The van der Waals surface area contributed by atoms with Crippen LogP contribution in [0.4, 0.5) is 5.13 Å². The number of aryl methyl sites for hydroxylation is 3. The Morgan fingerprint density at radius 3 is 2.81 bits per heavy atom. The molecule has 0 unspecified atom stereocenters. The van der Waals surface area contributed by atoms with Gasteiger partial charge < -0.3 is 20.0 Å². The Balaban J connectivity index is 1.36. The molecule has 4 aromatic rings. The predicted molar refractivity (Wildman–Crippen MR) is 124 cm³/mol. The average molecular weight is 472 g/mol. The van der Waals surface area contributed by atoms with Gasteiger partial charge in [-0.3, -0.25) is 14.4 Å². The molecule has 4 rings (SSSR count). The number of rotatable bonds is 7. The van der Waals surface area contributed by atoms with E-state index in [1.165, 1.54) is 29.6 Å². The number of hydrogen-bond donors (Lipinski definition) is 3. The van der Waals surface area contributed by atoms with Crippen LogP contribution >= 0.6 is 22.7 Å². The number of H-pyrrole nitrogens is 1. The van der Waals surface area contributed by atoms with Gasteiger partial charge in [-0.1, -0.05) is 0 Å². The number of aromatic amines is 1. The average Bonchev–Trinajstić information content (AvgIpc) is 3.45. The Hall–Kier alpha value is -3.31. The number of fused-ring (bicyclic) bond motifs is 1. The maximum Gasteiger partial charge on any atom is 0.259 e. The lowest BCUT2D eigenvalue weighted by Crippen LogP contribution is -2.18. The topological polar surface area (TPSA) is 130 Å². The van der Waals surface area contributed by atoms with E-state index in [4.69, 9.17) is 4.42 Å². The van der Waals surface area contributed by atoms with Gasteiger partial charge in [0, 0.05) is 30.0 Å². The molecule has 0 saturated carbocycles. The molecule has 0 fully saturated rings. The largest absolute Gasteiger partial charge is 0.458 e. The minimum absolute atomic E-state index is 0.138. The Morgan fingerprint density at radius 1 is 1.22 bits per heavy atom. The summed E-state index contributed by atoms with van der Waals surface area (Å²) in [6, 6.07) is 3.54. The van der Waals surface area contributed by atoms with Crippen LogP contribution < -0.4 is 16.2 Å². The van der Waals surface area contributed by atoms with Crippen molar-refractivity contribution in [1.29, 1.82) is 0 Å². The molecule has 0 aromatic carbocycles. The van der Waals surface area contributed by atoms with E-state index in [0.717, 1.165) is 10.4 Å². The number of furan rings is 1. The van der Waals surface area contributed by atoms with Gasteiger partial charge in [-0.25, -0.2) is 9.97 Å². The minimum Gasteiger partial charge on any atom is -0.458 e. The lowest BCUT2D eigenvalue weighted by molar-refractivity contribution is -0.119. The summed E-state index contributed by atoms with van der Waals surface area (Å²) in [6.45, 7) is 5.61. The fraction of sp³-hybridized carbons (Fsp3) is 0.286. The highest BCUT2D eigenvalue weighted by Crippen LogP contribution is 2.27. The van der Waals surface area contributed by atoms with E-state index in [2.05, 4.69) is 25.6 Å². The Labute approximate surface area is 190 Å². The quantitative estimate of drug-likeness (QED) is 0.378. The molecule has 166 valence electrons. The van der Waals surface area contributed by atoms with E-state index in [-0.39, 0.29) is 23.8 Å². The smallest absolute Gasteiger partial charge is 0.259 e. The zero-order chi connectivity index (χ0) is 22.8. The number of thiophene rings is 1. The van der Waals surface area contributed by atoms with Crippen LogP contribution in [0.3, 0.4) is 0 Å². The van der Waals surface area contributed by atoms with Crippen LogP contribution in [0, 0.1) is 13.8 Å². The number of anilines is 1. The molecule has 0 atom stereocenters. The number of amides is 2. The number of hydrogen-bond acceptors (Lipinski definition) is 8. The van der Waals surface area contributed by atoms with Crippen LogP contribution in [0.1, 0.15) is 35.4 Å². The highest BCUT2D eigenvalue weighted by Gasteiger charge is 2.14. The van der Waals surface area contributed by atoms with E-state index < -0.39 is 0 Å². The molecule has 2 amide bonds. The van der Waals surface area contributed by atoms with E-state index in [0.29, 0.717) is 51.4 Å². The molecule has 4 aromatic heterocycles. The van der Waals surface area contributed by atoms with Crippen molar-refractivity contribution >= 4 is 49.8 Å². The second kappa shape index (κ2) is 9.05. The zero-order valence-corrected chi connectivity index (χ0v) is 19.3. The second-order valence-electron chi connectivity index (χ2n) is 7.24. The summed E-state index contributed by atoms with van der Waals surface area (Å²) in [7, 11) is 0. The fourth-order valence-corrected chi connectivity index (χ4v) is 4.86. The van der Waals surface area contributed by atoms with Gasteiger partial charge in [0.2, 0.25) is 11.8 Å². The molecule has 0 bridgehead atoms. The second-order valence-corrected chi connectivity index (χ2v) is 9.30. The highest BCUT2D eigenvalue weighted by molar-refractivity contribution is 7.18. The molecule has 0 radical (unpaired) electrons. The third-order valence-electron chi connectivity index (χ3n) is 4.85. The van der Waals surface area contributed by atoms with Gasteiger partial charge in [0.1, 0.15) is 22.1 Å². The number of thiazole rings is 1. The number of carbonyl (C=O) groups excluding carboxylic acids is 2. The van der Waals surface area contributed by atoms with Crippen molar-refractivity contribution in [2.45, 2.75) is 40.2 Å². The molecule has 0 aliphatic heterocycles. The van der Waals surface area contributed by atoms with E-state index in [1.54, 1.807) is 17.5 Å². The summed E-state index contributed by atoms with van der Waals surface area (Å²) in [5.74, 6) is 1.29. The van der Waals surface area contributed by atoms with Crippen molar-refractivity contribution in [3.8, 4) is 11.5 Å². The number of nitrogens with one attached hydrogen (secondary N) is 3. The summed E-state index contributed by atoms with van der Waals surface area (Å²) in [5.41, 5.74) is 1.37. The van der Waals surface area contributed by atoms with Crippen LogP contribution in [0.5, 0.6) is 0 Å². The Kier molecular flexibility index (Phi) is 6.19. The molecule has 32 heavy (non-hydrogen) atoms. The zero-order valence-electron chi connectivity index (χ0n) is 17.7. The molecule has 9 nitrogen and oxygen atoms in total. The van der Waals surface area contributed by atoms with Crippen LogP contribution in [-0.2, 0) is 22.6 Å². The van der Waals surface area contributed by atoms with E-state index in [9.17, 15) is 14.4 Å². The predicted octanol–water partition coefficient (Wildman–Crippen LogP) is 3.53. The fourth-order valence-electron chi connectivity index (χ4n) is 3.10. The first-order valence-corrected chi connectivity index (χ1v) is 11.6. The van der Waals surface area contributed by atoms with Crippen molar-refractivity contribution in [1.82, 2.24) is 20.3 Å². The molecule has 0 spiro atoms. The molecule has 0 saturated heterocycles.